The third kappa shape index (κ3) is 4.99. The van der Waals surface area contributed by atoms with E-state index in [9.17, 15) is 22.4 Å². The molecule has 1 rings (SSSR count). The number of sulfonamides is 1. The van der Waals surface area contributed by atoms with Gasteiger partial charge in [-0.1, -0.05) is 0 Å². The molecule has 0 aliphatic rings. The van der Waals surface area contributed by atoms with Crippen molar-refractivity contribution in [1.29, 1.82) is 0 Å². The molecule has 0 aliphatic carbocycles. The van der Waals surface area contributed by atoms with Gasteiger partial charge in [0.1, 0.15) is 5.82 Å². The first-order valence-corrected chi connectivity index (χ1v) is 8.10. The standard InChI is InChI=1S/C13H17FN2O5S/c1-13(2,12(18)19)7-15-11(17)8-4-5-9(14)10(6-8)16-22(3,20)21/h4-6,16H,7H2,1-3H3,(H,15,17)(H,18,19). The highest BCUT2D eigenvalue weighted by Crippen LogP contribution is 2.18. The van der Waals surface area contributed by atoms with Gasteiger partial charge in [-0.25, -0.2) is 12.8 Å². The van der Waals surface area contributed by atoms with Crippen LogP contribution in [0.3, 0.4) is 0 Å². The second-order valence-corrected chi connectivity index (χ2v) is 7.19. The molecule has 0 saturated carbocycles. The highest BCUT2D eigenvalue weighted by Gasteiger charge is 2.27. The molecule has 0 unspecified atom stereocenters. The van der Waals surface area contributed by atoms with E-state index in [0.717, 1.165) is 18.4 Å². The number of halogens is 1. The zero-order valence-corrected chi connectivity index (χ0v) is 13.1. The molecule has 0 aromatic heterocycles. The van der Waals surface area contributed by atoms with Crippen molar-refractivity contribution in [2.75, 3.05) is 17.5 Å². The molecule has 9 heteroatoms. The van der Waals surface area contributed by atoms with Crippen LogP contribution in [0.15, 0.2) is 18.2 Å². The van der Waals surface area contributed by atoms with Crippen LogP contribution in [0.4, 0.5) is 10.1 Å². The zero-order chi connectivity index (χ0) is 17.1. The van der Waals surface area contributed by atoms with E-state index >= 15 is 0 Å². The smallest absolute Gasteiger partial charge is 0.310 e. The van der Waals surface area contributed by atoms with E-state index < -0.39 is 33.1 Å². The molecule has 0 heterocycles. The summed E-state index contributed by atoms with van der Waals surface area (Å²) >= 11 is 0. The van der Waals surface area contributed by atoms with Crippen molar-refractivity contribution in [2.24, 2.45) is 5.41 Å². The maximum atomic E-state index is 13.5. The number of anilines is 1. The molecule has 3 N–H and O–H groups in total. The number of benzene rings is 1. The maximum absolute atomic E-state index is 13.5. The second-order valence-electron chi connectivity index (χ2n) is 5.44. The SMILES string of the molecule is CC(C)(CNC(=O)c1ccc(F)c(NS(C)(=O)=O)c1)C(=O)O. The Kier molecular flexibility index (Phi) is 5.13. The molecule has 22 heavy (non-hydrogen) atoms. The van der Waals surface area contributed by atoms with E-state index in [0.29, 0.717) is 0 Å². The molecular formula is C13H17FN2O5S. The van der Waals surface area contributed by atoms with E-state index in [1.807, 2.05) is 4.72 Å². The predicted octanol–water partition coefficient (Wildman–Crippen LogP) is 1.04. The van der Waals surface area contributed by atoms with Gasteiger partial charge in [0.25, 0.3) is 5.91 Å². The van der Waals surface area contributed by atoms with Crippen LogP contribution in [0.2, 0.25) is 0 Å². The number of hydrogen-bond acceptors (Lipinski definition) is 4. The van der Waals surface area contributed by atoms with E-state index in [2.05, 4.69) is 5.32 Å². The van der Waals surface area contributed by atoms with E-state index in [1.165, 1.54) is 19.9 Å². The zero-order valence-electron chi connectivity index (χ0n) is 12.3. The van der Waals surface area contributed by atoms with Crippen LogP contribution in [0.5, 0.6) is 0 Å². The van der Waals surface area contributed by atoms with Crippen LogP contribution < -0.4 is 10.0 Å². The number of carboxylic acid groups (broad SMARTS) is 1. The van der Waals surface area contributed by atoms with Gasteiger partial charge in [-0.15, -0.1) is 0 Å². The molecule has 122 valence electrons. The van der Waals surface area contributed by atoms with Gasteiger partial charge in [-0.3, -0.25) is 14.3 Å². The van der Waals surface area contributed by atoms with Crippen LogP contribution in [0.25, 0.3) is 0 Å². The van der Waals surface area contributed by atoms with Crippen molar-refractivity contribution in [3.63, 3.8) is 0 Å². The van der Waals surface area contributed by atoms with E-state index in [1.54, 1.807) is 0 Å². The fourth-order valence-electron chi connectivity index (χ4n) is 1.42. The van der Waals surface area contributed by atoms with Gasteiger partial charge in [0.2, 0.25) is 10.0 Å². The van der Waals surface area contributed by atoms with Gasteiger partial charge in [0.05, 0.1) is 17.4 Å². The summed E-state index contributed by atoms with van der Waals surface area (Å²) in [5, 5.41) is 11.4. The Hall–Kier alpha value is -2.16. The van der Waals surface area contributed by atoms with Crippen LogP contribution in [-0.4, -0.2) is 38.2 Å². The summed E-state index contributed by atoms with van der Waals surface area (Å²) in [5.41, 5.74) is -1.51. The Morgan fingerprint density at radius 3 is 2.41 bits per heavy atom. The third-order valence-electron chi connectivity index (χ3n) is 2.79. The number of aliphatic carboxylic acids is 1. The van der Waals surface area contributed by atoms with Crippen molar-refractivity contribution in [2.45, 2.75) is 13.8 Å². The molecule has 0 spiro atoms. The van der Waals surface area contributed by atoms with Gasteiger partial charge in [-0.05, 0) is 32.0 Å². The summed E-state index contributed by atoms with van der Waals surface area (Å²) in [5.74, 6) is -2.54. The van der Waals surface area contributed by atoms with Crippen molar-refractivity contribution in [1.82, 2.24) is 5.32 Å². The quantitative estimate of drug-likeness (QED) is 0.720. The Bertz CT molecular complexity index is 700. The molecule has 0 atom stereocenters. The predicted molar refractivity (Wildman–Crippen MR) is 78.6 cm³/mol. The van der Waals surface area contributed by atoms with Crippen LogP contribution in [-0.2, 0) is 14.8 Å². The van der Waals surface area contributed by atoms with Crippen molar-refractivity contribution >= 4 is 27.6 Å². The minimum Gasteiger partial charge on any atom is -0.481 e. The van der Waals surface area contributed by atoms with E-state index in [4.69, 9.17) is 5.11 Å². The maximum Gasteiger partial charge on any atom is 0.310 e. The number of nitrogens with one attached hydrogen (secondary N) is 2. The molecule has 0 radical (unpaired) electrons. The average Bonchev–Trinajstić information content (AvgIpc) is 2.37. The van der Waals surface area contributed by atoms with Gasteiger partial charge in [-0.2, -0.15) is 0 Å². The van der Waals surface area contributed by atoms with E-state index in [-0.39, 0.29) is 17.8 Å². The molecule has 0 aliphatic heterocycles. The lowest BCUT2D eigenvalue weighted by atomic mass is 9.94. The second kappa shape index (κ2) is 6.30. The topological polar surface area (TPSA) is 113 Å². The first-order chi connectivity index (χ1) is 9.92. The van der Waals surface area contributed by atoms with Gasteiger partial charge >= 0.3 is 5.97 Å². The summed E-state index contributed by atoms with van der Waals surface area (Å²) in [4.78, 5) is 22.9. The molecule has 1 aromatic rings. The van der Waals surface area contributed by atoms with Gasteiger partial charge < -0.3 is 10.4 Å². The normalized spacial score (nSPS) is 11.8. The summed E-state index contributed by atoms with van der Waals surface area (Å²) in [6.45, 7) is 2.75. The Morgan fingerprint density at radius 1 is 1.32 bits per heavy atom. The van der Waals surface area contributed by atoms with Gasteiger partial charge in [0.15, 0.2) is 0 Å². The number of carboxylic acids is 1. The fourth-order valence-corrected chi connectivity index (χ4v) is 1.98. The number of amides is 1. The molecule has 1 amide bonds. The molecule has 0 fully saturated rings. The average molecular weight is 332 g/mol. The summed E-state index contributed by atoms with van der Waals surface area (Å²) in [7, 11) is -3.69. The fraction of sp³-hybridized carbons (Fsp3) is 0.385. The largest absolute Gasteiger partial charge is 0.481 e. The lowest BCUT2D eigenvalue weighted by Gasteiger charge is -2.19. The number of carbonyl (C=O) groups is 2. The van der Waals surface area contributed by atoms with Crippen LogP contribution in [0.1, 0.15) is 24.2 Å². The lowest BCUT2D eigenvalue weighted by Crippen LogP contribution is -2.38. The van der Waals surface area contributed by atoms with Crippen molar-refractivity contribution < 1.29 is 27.5 Å². The molecule has 0 bridgehead atoms. The summed E-state index contributed by atoms with van der Waals surface area (Å²) in [6, 6.07) is 3.16. The Labute approximate surface area is 127 Å². The minimum atomic E-state index is -3.69. The molecular weight excluding hydrogens is 315 g/mol. The monoisotopic (exact) mass is 332 g/mol. The molecule has 7 nitrogen and oxygen atoms in total. The third-order valence-corrected chi connectivity index (χ3v) is 3.38. The summed E-state index contributed by atoms with van der Waals surface area (Å²) < 4.78 is 37.7. The van der Waals surface area contributed by atoms with Gasteiger partial charge in [0, 0.05) is 12.1 Å². The summed E-state index contributed by atoms with van der Waals surface area (Å²) in [6.07, 6.45) is 0.856. The molecule has 0 saturated heterocycles. The first-order valence-electron chi connectivity index (χ1n) is 6.21. The number of carbonyl (C=O) groups excluding carboxylic acids is 1. The Balaban J connectivity index is 2.91. The number of rotatable bonds is 6. The first kappa shape index (κ1) is 17.9. The lowest BCUT2D eigenvalue weighted by molar-refractivity contribution is -0.146. The number of hydrogen-bond donors (Lipinski definition) is 3. The Morgan fingerprint density at radius 2 is 1.91 bits per heavy atom. The van der Waals surface area contributed by atoms with Crippen LogP contribution in [0, 0.1) is 11.2 Å². The minimum absolute atomic E-state index is 0.00809. The highest BCUT2D eigenvalue weighted by atomic mass is 32.2. The van der Waals surface area contributed by atoms with Crippen LogP contribution >= 0.6 is 0 Å². The highest BCUT2D eigenvalue weighted by molar-refractivity contribution is 7.92. The van der Waals surface area contributed by atoms with Crippen molar-refractivity contribution in [3.05, 3.63) is 29.6 Å². The van der Waals surface area contributed by atoms with Crippen molar-refractivity contribution in [3.8, 4) is 0 Å². The molecule has 1 aromatic carbocycles.